The van der Waals surface area contributed by atoms with E-state index in [1.54, 1.807) is 4.90 Å². The van der Waals surface area contributed by atoms with Crippen LogP contribution in [0.2, 0.25) is 0 Å². The van der Waals surface area contributed by atoms with Crippen LogP contribution in [0.15, 0.2) is 42.5 Å². The summed E-state index contributed by atoms with van der Waals surface area (Å²) in [6, 6.07) is 13.0. The molecular weight excluding hydrogens is 486 g/mol. The smallest absolute Gasteiger partial charge is 0.242 e. The molecule has 0 aromatic heterocycles. The number of rotatable bonds is 13. The summed E-state index contributed by atoms with van der Waals surface area (Å²) >= 11 is 0. The molecule has 2 aromatic rings. The maximum atomic E-state index is 13.5. The van der Waals surface area contributed by atoms with Crippen LogP contribution in [-0.4, -0.2) is 50.5 Å². The van der Waals surface area contributed by atoms with E-state index in [9.17, 15) is 18.0 Å². The zero-order valence-corrected chi connectivity index (χ0v) is 24.2. The van der Waals surface area contributed by atoms with Crippen molar-refractivity contribution in [2.75, 3.05) is 23.7 Å². The fourth-order valence-corrected chi connectivity index (χ4v) is 5.33. The van der Waals surface area contributed by atoms with Crippen molar-refractivity contribution < 1.29 is 18.0 Å². The summed E-state index contributed by atoms with van der Waals surface area (Å²) in [5.41, 5.74) is 4.49. The molecule has 2 rings (SSSR count). The van der Waals surface area contributed by atoms with E-state index < -0.39 is 16.1 Å². The highest BCUT2D eigenvalue weighted by Gasteiger charge is 2.29. The molecule has 204 valence electrons. The molecule has 8 heteroatoms. The van der Waals surface area contributed by atoms with Crippen LogP contribution in [0, 0.1) is 26.7 Å². The lowest BCUT2D eigenvalue weighted by Crippen LogP contribution is -2.49. The van der Waals surface area contributed by atoms with Gasteiger partial charge in [0.15, 0.2) is 0 Å². The molecule has 0 bridgehead atoms. The van der Waals surface area contributed by atoms with E-state index in [0.29, 0.717) is 37.5 Å². The third kappa shape index (κ3) is 9.18. The molecule has 0 aliphatic heterocycles. The number of nitrogens with zero attached hydrogens (tertiary/aromatic N) is 2. The predicted molar refractivity (Wildman–Crippen MR) is 151 cm³/mol. The lowest BCUT2D eigenvalue weighted by Gasteiger charge is -2.31. The molecule has 0 saturated carbocycles. The van der Waals surface area contributed by atoms with Gasteiger partial charge in [0.05, 0.1) is 11.9 Å². The topological polar surface area (TPSA) is 86.8 Å². The number of carbonyl (C=O) groups excluding carboxylic acids is 2. The van der Waals surface area contributed by atoms with Gasteiger partial charge >= 0.3 is 0 Å². The summed E-state index contributed by atoms with van der Waals surface area (Å²) in [7, 11) is -3.53. The Bertz CT molecular complexity index is 1180. The van der Waals surface area contributed by atoms with Gasteiger partial charge in [0.1, 0.15) is 6.04 Å². The van der Waals surface area contributed by atoms with Gasteiger partial charge in [0, 0.05) is 26.1 Å². The van der Waals surface area contributed by atoms with Gasteiger partial charge in [-0.3, -0.25) is 13.9 Å². The molecule has 2 amide bonds. The van der Waals surface area contributed by atoms with Gasteiger partial charge in [-0.15, -0.1) is 0 Å². The van der Waals surface area contributed by atoms with E-state index in [1.165, 1.54) is 10.6 Å². The monoisotopic (exact) mass is 529 g/mol. The Morgan fingerprint density at radius 1 is 1.00 bits per heavy atom. The highest BCUT2D eigenvalue weighted by Crippen LogP contribution is 2.25. The first kappa shape index (κ1) is 30.4. The van der Waals surface area contributed by atoms with Crippen LogP contribution in [0.3, 0.4) is 0 Å². The first-order valence-corrected chi connectivity index (χ1v) is 14.9. The molecule has 1 atom stereocenters. The van der Waals surface area contributed by atoms with Gasteiger partial charge in [-0.05, 0) is 62.3 Å². The molecular formula is C29H43N3O4S. The quantitative estimate of drug-likeness (QED) is 0.406. The van der Waals surface area contributed by atoms with E-state index in [0.717, 1.165) is 22.3 Å². The number of carbonyl (C=O) groups is 2. The van der Waals surface area contributed by atoms with Crippen LogP contribution in [0.1, 0.15) is 62.3 Å². The van der Waals surface area contributed by atoms with Crippen LogP contribution >= 0.6 is 0 Å². The number of hydrogen-bond acceptors (Lipinski definition) is 4. The van der Waals surface area contributed by atoms with E-state index in [1.807, 2.05) is 84.0 Å². The third-order valence-corrected chi connectivity index (χ3v) is 7.47. The minimum atomic E-state index is -3.53. The number of sulfonamides is 1. The van der Waals surface area contributed by atoms with Gasteiger partial charge in [-0.25, -0.2) is 8.42 Å². The Morgan fingerprint density at radius 2 is 1.68 bits per heavy atom. The van der Waals surface area contributed by atoms with Gasteiger partial charge < -0.3 is 10.2 Å². The van der Waals surface area contributed by atoms with Gasteiger partial charge in [0.25, 0.3) is 0 Å². The summed E-state index contributed by atoms with van der Waals surface area (Å²) in [4.78, 5) is 28.2. The fraction of sp³-hybridized carbons (Fsp3) is 0.517. The number of anilines is 1. The average molecular weight is 530 g/mol. The first-order valence-electron chi connectivity index (χ1n) is 13.0. The van der Waals surface area contributed by atoms with E-state index >= 15 is 0 Å². The Morgan fingerprint density at radius 3 is 2.27 bits per heavy atom. The number of benzene rings is 2. The molecule has 2 aromatic carbocycles. The van der Waals surface area contributed by atoms with Crippen LogP contribution in [-0.2, 0) is 26.2 Å². The average Bonchev–Trinajstić information content (AvgIpc) is 2.81. The largest absolute Gasteiger partial charge is 0.354 e. The summed E-state index contributed by atoms with van der Waals surface area (Å²) in [6.45, 7) is 12.8. The minimum Gasteiger partial charge on any atom is -0.354 e. The molecule has 1 N–H and O–H groups in total. The SMILES string of the molecule is CCC(C(=O)NCC(C)C)N(Cc1cccc(C)c1)C(=O)CCCN(c1cc(C)ccc1C)S(C)(=O)=O. The Labute approximate surface area is 223 Å². The Kier molecular flexibility index (Phi) is 11.2. The summed E-state index contributed by atoms with van der Waals surface area (Å²) in [6.07, 6.45) is 2.15. The molecule has 0 aliphatic rings. The number of hydrogen-bond donors (Lipinski definition) is 1. The van der Waals surface area contributed by atoms with Crippen molar-refractivity contribution in [1.82, 2.24) is 10.2 Å². The van der Waals surface area contributed by atoms with Crippen molar-refractivity contribution in [3.63, 3.8) is 0 Å². The van der Waals surface area contributed by atoms with Gasteiger partial charge in [-0.2, -0.15) is 0 Å². The van der Waals surface area contributed by atoms with Crippen molar-refractivity contribution in [2.24, 2.45) is 5.92 Å². The zero-order valence-electron chi connectivity index (χ0n) is 23.4. The van der Waals surface area contributed by atoms with Crippen LogP contribution in [0.5, 0.6) is 0 Å². The molecule has 7 nitrogen and oxygen atoms in total. The van der Waals surface area contributed by atoms with Crippen molar-refractivity contribution in [2.45, 2.75) is 73.4 Å². The number of amides is 2. The summed E-state index contributed by atoms with van der Waals surface area (Å²) in [5.74, 6) is -0.0257. The fourth-order valence-electron chi connectivity index (χ4n) is 4.32. The van der Waals surface area contributed by atoms with Crippen molar-refractivity contribution in [1.29, 1.82) is 0 Å². The molecule has 0 aliphatic carbocycles. The third-order valence-electron chi connectivity index (χ3n) is 6.29. The lowest BCUT2D eigenvalue weighted by atomic mass is 10.1. The predicted octanol–water partition coefficient (Wildman–Crippen LogP) is 4.74. The van der Waals surface area contributed by atoms with Crippen LogP contribution in [0.4, 0.5) is 5.69 Å². The molecule has 0 fully saturated rings. The zero-order chi connectivity index (χ0) is 27.8. The van der Waals surface area contributed by atoms with Crippen molar-refractivity contribution >= 4 is 27.5 Å². The molecule has 1 unspecified atom stereocenters. The van der Waals surface area contributed by atoms with Crippen molar-refractivity contribution in [3.05, 3.63) is 64.7 Å². The second-order valence-corrected chi connectivity index (χ2v) is 12.2. The second-order valence-electron chi connectivity index (χ2n) is 10.3. The molecule has 37 heavy (non-hydrogen) atoms. The standard InChI is InChI=1S/C29H43N3O4S/c1-8-26(29(34)30-19-21(2)3)31(20-25-12-9-11-22(4)17-25)28(33)13-10-16-32(37(7,35)36)27-18-23(5)14-15-24(27)6/h9,11-12,14-15,17-18,21,26H,8,10,13,16,19-20H2,1-7H3,(H,30,34). The van der Waals surface area contributed by atoms with Crippen molar-refractivity contribution in [3.8, 4) is 0 Å². The Hall–Kier alpha value is -2.87. The van der Waals surface area contributed by atoms with Crippen LogP contribution < -0.4 is 9.62 Å². The maximum absolute atomic E-state index is 13.5. The number of nitrogens with one attached hydrogen (secondary N) is 1. The van der Waals surface area contributed by atoms with Crippen LogP contribution in [0.25, 0.3) is 0 Å². The van der Waals surface area contributed by atoms with Gasteiger partial charge in [0.2, 0.25) is 21.8 Å². The lowest BCUT2D eigenvalue weighted by molar-refractivity contribution is -0.141. The second kappa shape index (κ2) is 13.6. The summed E-state index contributed by atoms with van der Waals surface area (Å²) in [5, 5.41) is 2.97. The maximum Gasteiger partial charge on any atom is 0.242 e. The van der Waals surface area contributed by atoms with E-state index in [4.69, 9.17) is 0 Å². The molecule has 0 radical (unpaired) electrons. The molecule has 0 saturated heterocycles. The highest BCUT2D eigenvalue weighted by atomic mass is 32.2. The Balaban J connectivity index is 2.24. The summed E-state index contributed by atoms with van der Waals surface area (Å²) < 4.78 is 26.6. The van der Waals surface area contributed by atoms with Gasteiger partial charge in [-0.1, -0.05) is 62.7 Å². The normalized spacial score (nSPS) is 12.3. The minimum absolute atomic E-state index is 0.136. The molecule has 0 spiro atoms. The first-order chi connectivity index (χ1) is 17.3. The number of aryl methyl sites for hydroxylation is 3. The van der Waals surface area contributed by atoms with E-state index in [-0.39, 0.29) is 24.8 Å². The van der Waals surface area contributed by atoms with E-state index in [2.05, 4.69) is 5.32 Å². The molecule has 0 heterocycles. The highest BCUT2D eigenvalue weighted by molar-refractivity contribution is 7.92.